The number of morpholine rings is 1. The number of ether oxygens (including phenoxy) is 1. The third-order valence-electron chi connectivity index (χ3n) is 7.82. The number of carbonyl (C=O) groups excluding carboxylic acids is 2. The van der Waals surface area contributed by atoms with E-state index in [1.54, 1.807) is 59.5 Å². The molecule has 1 heterocycles. The smallest absolute Gasteiger partial charge is 0.253 e. The van der Waals surface area contributed by atoms with Crippen molar-refractivity contribution in [3.8, 4) is 0 Å². The number of carbonyl (C=O) groups is 2. The van der Waals surface area contributed by atoms with Gasteiger partial charge in [-0.05, 0) is 66.8 Å². The summed E-state index contributed by atoms with van der Waals surface area (Å²) >= 11 is 12.6. The van der Waals surface area contributed by atoms with Gasteiger partial charge in [0.1, 0.15) is 18.0 Å². The van der Waals surface area contributed by atoms with Crippen LogP contribution in [0.4, 0.5) is 10.1 Å². The van der Waals surface area contributed by atoms with Gasteiger partial charge in [0.05, 0.1) is 36.0 Å². The van der Waals surface area contributed by atoms with Crippen LogP contribution in [0.1, 0.15) is 55.9 Å². The molecule has 0 spiro atoms. The highest BCUT2D eigenvalue weighted by atomic mass is 35.5. The predicted molar refractivity (Wildman–Crippen MR) is 164 cm³/mol. The maximum absolute atomic E-state index is 15.2. The van der Waals surface area contributed by atoms with E-state index in [4.69, 9.17) is 33.7 Å². The fourth-order valence-corrected chi connectivity index (χ4v) is 7.79. The number of amides is 2. The first-order valence-corrected chi connectivity index (χ1v) is 16.3. The fourth-order valence-electron chi connectivity index (χ4n) is 5.57. The van der Waals surface area contributed by atoms with Crippen molar-refractivity contribution in [2.24, 2.45) is 5.73 Å². The standard InChI is InChI=1S/C31H32Cl2FN3O5S/c1-2-23(18-36(43(40,41)24-14-15-24)26-9-4-3-8-25(26)34)37-29(19-10-12-21(32)13-11-19)30(20-6-5-7-22(33)16-20)42-27(31(37)39)17-28(35)38/h3-13,16,23-24,27,29-30H,2,14-15,17-18H2,1H3,(H2,35,38). The second kappa shape index (κ2) is 12.8. The molecule has 1 saturated heterocycles. The van der Waals surface area contributed by atoms with Gasteiger partial charge in [-0.1, -0.05) is 66.5 Å². The Hall–Kier alpha value is -3.18. The lowest BCUT2D eigenvalue weighted by Crippen LogP contribution is -2.58. The largest absolute Gasteiger partial charge is 0.370 e. The van der Waals surface area contributed by atoms with Crippen LogP contribution >= 0.6 is 23.2 Å². The van der Waals surface area contributed by atoms with Gasteiger partial charge in [-0.15, -0.1) is 0 Å². The summed E-state index contributed by atoms with van der Waals surface area (Å²) in [4.78, 5) is 27.9. The molecular formula is C31H32Cl2FN3O5S. The molecule has 2 amide bonds. The molecule has 43 heavy (non-hydrogen) atoms. The molecule has 1 aliphatic heterocycles. The lowest BCUT2D eigenvalue weighted by atomic mass is 9.89. The Morgan fingerprint density at radius 2 is 1.74 bits per heavy atom. The van der Waals surface area contributed by atoms with Crippen molar-refractivity contribution >= 4 is 50.7 Å². The number of halogens is 3. The third-order valence-corrected chi connectivity index (χ3v) is 10.6. The molecule has 5 rings (SSSR count). The van der Waals surface area contributed by atoms with Crippen LogP contribution in [0, 0.1) is 5.82 Å². The van der Waals surface area contributed by atoms with E-state index >= 15 is 4.39 Å². The van der Waals surface area contributed by atoms with Crippen LogP contribution in [0.25, 0.3) is 0 Å². The Labute approximate surface area is 260 Å². The number of primary amides is 1. The maximum Gasteiger partial charge on any atom is 0.253 e. The summed E-state index contributed by atoms with van der Waals surface area (Å²) in [5.41, 5.74) is 6.75. The number of rotatable bonds is 11. The Kier molecular flexibility index (Phi) is 9.31. The van der Waals surface area contributed by atoms with Crippen LogP contribution in [0.15, 0.2) is 72.8 Å². The molecule has 2 aliphatic rings. The van der Waals surface area contributed by atoms with Crippen LogP contribution in [0.5, 0.6) is 0 Å². The molecule has 1 saturated carbocycles. The molecule has 3 aromatic rings. The van der Waals surface area contributed by atoms with Gasteiger partial charge in [0.15, 0.2) is 0 Å². The number of nitrogens with two attached hydrogens (primary N) is 1. The van der Waals surface area contributed by atoms with E-state index in [-0.39, 0.29) is 18.7 Å². The van der Waals surface area contributed by atoms with Crippen molar-refractivity contribution in [1.29, 1.82) is 0 Å². The van der Waals surface area contributed by atoms with Crippen molar-refractivity contribution in [2.45, 2.75) is 62.1 Å². The summed E-state index contributed by atoms with van der Waals surface area (Å²) in [6.07, 6.45) is -1.16. The zero-order valence-electron chi connectivity index (χ0n) is 23.4. The van der Waals surface area contributed by atoms with Crippen LogP contribution in [0.3, 0.4) is 0 Å². The van der Waals surface area contributed by atoms with Gasteiger partial charge < -0.3 is 15.4 Å². The van der Waals surface area contributed by atoms with Gasteiger partial charge in [-0.2, -0.15) is 0 Å². The molecule has 2 N–H and O–H groups in total. The summed E-state index contributed by atoms with van der Waals surface area (Å²) < 4.78 is 50.0. The summed E-state index contributed by atoms with van der Waals surface area (Å²) in [5.74, 6) is -1.95. The van der Waals surface area contributed by atoms with E-state index in [2.05, 4.69) is 0 Å². The highest BCUT2D eigenvalue weighted by molar-refractivity contribution is 7.93. The first kappa shape index (κ1) is 31.3. The SMILES string of the molecule is CCC(CN(c1ccccc1F)S(=O)(=O)C1CC1)N1C(=O)C(CC(N)=O)OC(c2cccc(Cl)c2)C1c1ccc(Cl)cc1. The van der Waals surface area contributed by atoms with Gasteiger partial charge in [0.25, 0.3) is 5.91 Å². The highest BCUT2D eigenvalue weighted by Crippen LogP contribution is 2.45. The molecule has 12 heteroatoms. The minimum Gasteiger partial charge on any atom is -0.370 e. The van der Waals surface area contributed by atoms with Crippen LogP contribution in [0.2, 0.25) is 10.0 Å². The number of hydrogen-bond donors (Lipinski definition) is 1. The molecule has 3 aromatic carbocycles. The van der Waals surface area contributed by atoms with E-state index in [0.717, 1.165) is 4.31 Å². The molecule has 1 aliphatic carbocycles. The number of nitrogens with zero attached hydrogens (tertiary/aromatic N) is 2. The second-order valence-corrected chi connectivity index (χ2v) is 13.8. The van der Waals surface area contributed by atoms with Gasteiger partial charge in [-0.3, -0.25) is 13.9 Å². The Morgan fingerprint density at radius 3 is 2.35 bits per heavy atom. The van der Waals surface area contributed by atoms with E-state index in [9.17, 15) is 18.0 Å². The van der Waals surface area contributed by atoms with Gasteiger partial charge in [0.2, 0.25) is 15.9 Å². The molecule has 0 aromatic heterocycles. The van der Waals surface area contributed by atoms with E-state index in [0.29, 0.717) is 40.4 Å². The molecule has 0 radical (unpaired) electrons. The zero-order valence-corrected chi connectivity index (χ0v) is 25.7. The van der Waals surface area contributed by atoms with Crippen LogP contribution < -0.4 is 10.0 Å². The topological polar surface area (TPSA) is 110 Å². The van der Waals surface area contributed by atoms with Crippen molar-refractivity contribution in [3.63, 3.8) is 0 Å². The molecule has 4 unspecified atom stereocenters. The van der Waals surface area contributed by atoms with Crippen molar-refractivity contribution in [3.05, 3.63) is 99.8 Å². The lowest BCUT2D eigenvalue weighted by molar-refractivity contribution is -0.180. The van der Waals surface area contributed by atoms with Gasteiger partial charge in [-0.25, -0.2) is 12.8 Å². The highest BCUT2D eigenvalue weighted by Gasteiger charge is 2.49. The molecular weight excluding hydrogens is 616 g/mol. The quantitative estimate of drug-likeness (QED) is 0.283. The average Bonchev–Trinajstić information content (AvgIpc) is 3.82. The lowest BCUT2D eigenvalue weighted by Gasteiger charge is -2.48. The van der Waals surface area contributed by atoms with E-state index in [1.165, 1.54) is 18.2 Å². The van der Waals surface area contributed by atoms with Crippen LogP contribution in [-0.4, -0.2) is 49.1 Å². The number of para-hydroxylation sites is 1. The Bertz CT molecular complexity index is 1600. The third kappa shape index (κ3) is 6.67. The Balaban J connectivity index is 1.66. The summed E-state index contributed by atoms with van der Waals surface area (Å²) in [6.45, 7) is 1.62. The minimum absolute atomic E-state index is 0.0864. The zero-order chi connectivity index (χ0) is 30.9. The average molecular weight is 649 g/mol. The van der Waals surface area contributed by atoms with Crippen molar-refractivity contribution in [2.75, 3.05) is 10.8 Å². The fraction of sp³-hybridized carbons (Fsp3) is 0.355. The molecule has 2 fully saturated rings. The first-order chi connectivity index (χ1) is 20.5. The molecule has 0 bridgehead atoms. The summed E-state index contributed by atoms with van der Waals surface area (Å²) in [6, 6.07) is 18.1. The van der Waals surface area contributed by atoms with Crippen molar-refractivity contribution < 1.29 is 27.1 Å². The molecule has 4 atom stereocenters. The normalized spacial score (nSPS) is 21.4. The predicted octanol–water partition coefficient (Wildman–Crippen LogP) is 5.80. The van der Waals surface area contributed by atoms with Gasteiger partial charge in [0, 0.05) is 10.0 Å². The minimum atomic E-state index is -3.94. The summed E-state index contributed by atoms with van der Waals surface area (Å²) in [5, 5.41) is 0.301. The number of anilines is 1. The van der Waals surface area contributed by atoms with Crippen molar-refractivity contribution in [1.82, 2.24) is 4.90 Å². The number of hydrogen-bond acceptors (Lipinski definition) is 5. The monoisotopic (exact) mass is 647 g/mol. The number of benzene rings is 3. The number of sulfonamides is 1. The van der Waals surface area contributed by atoms with Gasteiger partial charge >= 0.3 is 0 Å². The van der Waals surface area contributed by atoms with Crippen LogP contribution in [-0.2, 0) is 24.3 Å². The maximum atomic E-state index is 15.2. The summed E-state index contributed by atoms with van der Waals surface area (Å²) in [7, 11) is -3.94. The second-order valence-electron chi connectivity index (χ2n) is 10.8. The van der Waals surface area contributed by atoms with E-state index in [1.807, 2.05) is 6.92 Å². The Morgan fingerprint density at radius 1 is 1.05 bits per heavy atom. The van der Waals surface area contributed by atoms with E-state index < -0.39 is 57.2 Å². The molecule has 228 valence electrons. The first-order valence-electron chi connectivity index (χ1n) is 14.0. The molecule has 8 nitrogen and oxygen atoms in total.